The van der Waals surface area contributed by atoms with Gasteiger partial charge in [0.25, 0.3) is 0 Å². The fourth-order valence-electron chi connectivity index (χ4n) is 2.03. The predicted molar refractivity (Wildman–Crippen MR) is 74.5 cm³/mol. The molecule has 0 aliphatic heterocycles. The first-order valence-electron chi connectivity index (χ1n) is 6.19. The normalized spacial score (nSPS) is 10.2. The quantitative estimate of drug-likeness (QED) is 0.879. The number of carboxylic acid groups (broad SMARTS) is 1. The van der Waals surface area contributed by atoms with Crippen LogP contribution < -0.4 is 0 Å². The lowest BCUT2D eigenvalue weighted by atomic mass is 10.00. The predicted octanol–water partition coefficient (Wildman–Crippen LogP) is 2.91. The molecule has 5 heteroatoms. The molecule has 0 atom stereocenters. The third-order valence-electron chi connectivity index (χ3n) is 2.93. The standard InChI is InChI=1S/C16H13FO4/c1-21-16(20)13-7-12(8-14(17)9-13)11-4-2-3-10(5-11)6-15(18)19/h2-5,7-9H,6H2,1H3,(H,18,19). The van der Waals surface area contributed by atoms with Crippen molar-refractivity contribution in [1.82, 2.24) is 0 Å². The van der Waals surface area contributed by atoms with E-state index >= 15 is 0 Å². The van der Waals surface area contributed by atoms with E-state index in [4.69, 9.17) is 5.11 Å². The second-order valence-corrected chi connectivity index (χ2v) is 4.49. The SMILES string of the molecule is COC(=O)c1cc(F)cc(-c2cccc(CC(=O)O)c2)c1. The average Bonchev–Trinajstić information content (AvgIpc) is 2.45. The van der Waals surface area contributed by atoms with Gasteiger partial charge in [-0.15, -0.1) is 0 Å². The van der Waals surface area contributed by atoms with Crippen LogP contribution in [0.2, 0.25) is 0 Å². The van der Waals surface area contributed by atoms with Gasteiger partial charge in [0.1, 0.15) is 5.82 Å². The summed E-state index contributed by atoms with van der Waals surface area (Å²) in [7, 11) is 1.22. The van der Waals surface area contributed by atoms with Crippen molar-refractivity contribution >= 4 is 11.9 Å². The lowest BCUT2D eigenvalue weighted by molar-refractivity contribution is -0.136. The van der Waals surface area contributed by atoms with Crippen molar-refractivity contribution < 1.29 is 23.8 Å². The molecule has 0 aromatic heterocycles. The highest BCUT2D eigenvalue weighted by Crippen LogP contribution is 2.23. The number of hydrogen-bond acceptors (Lipinski definition) is 3. The van der Waals surface area contributed by atoms with Crippen LogP contribution in [0.4, 0.5) is 4.39 Å². The molecule has 0 radical (unpaired) electrons. The van der Waals surface area contributed by atoms with Crippen LogP contribution in [-0.4, -0.2) is 24.2 Å². The number of halogens is 1. The average molecular weight is 288 g/mol. The minimum absolute atomic E-state index is 0.108. The summed E-state index contributed by atoms with van der Waals surface area (Å²) in [5, 5.41) is 8.80. The molecule has 2 rings (SSSR count). The van der Waals surface area contributed by atoms with Crippen LogP contribution in [0.3, 0.4) is 0 Å². The van der Waals surface area contributed by atoms with Crippen molar-refractivity contribution in [3.8, 4) is 11.1 Å². The van der Waals surface area contributed by atoms with Gasteiger partial charge in [0.2, 0.25) is 0 Å². The number of carboxylic acids is 1. The molecule has 0 amide bonds. The molecule has 0 saturated carbocycles. The molecular weight excluding hydrogens is 275 g/mol. The number of carbonyl (C=O) groups excluding carboxylic acids is 1. The number of benzene rings is 2. The maximum absolute atomic E-state index is 13.6. The third-order valence-corrected chi connectivity index (χ3v) is 2.93. The number of esters is 1. The van der Waals surface area contributed by atoms with Gasteiger partial charge >= 0.3 is 11.9 Å². The van der Waals surface area contributed by atoms with Gasteiger partial charge < -0.3 is 9.84 Å². The van der Waals surface area contributed by atoms with Crippen LogP contribution in [0, 0.1) is 5.82 Å². The summed E-state index contributed by atoms with van der Waals surface area (Å²) in [4.78, 5) is 22.2. The number of hydrogen-bond donors (Lipinski definition) is 1. The molecule has 4 nitrogen and oxygen atoms in total. The van der Waals surface area contributed by atoms with E-state index in [2.05, 4.69) is 4.74 Å². The van der Waals surface area contributed by atoms with Crippen molar-refractivity contribution in [2.24, 2.45) is 0 Å². The molecule has 1 N–H and O–H groups in total. The van der Waals surface area contributed by atoms with E-state index in [9.17, 15) is 14.0 Å². The highest BCUT2D eigenvalue weighted by molar-refractivity contribution is 5.91. The van der Waals surface area contributed by atoms with Crippen molar-refractivity contribution in [3.63, 3.8) is 0 Å². The first kappa shape index (κ1) is 14.7. The molecule has 108 valence electrons. The lowest BCUT2D eigenvalue weighted by Gasteiger charge is -2.07. The molecular formula is C16H13FO4. The fourth-order valence-corrected chi connectivity index (χ4v) is 2.03. The van der Waals surface area contributed by atoms with Crippen LogP contribution in [0.25, 0.3) is 11.1 Å². The summed E-state index contributed by atoms with van der Waals surface area (Å²) >= 11 is 0. The van der Waals surface area contributed by atoms with Crippen molar-refractivity contribution in [2.75, 3.05) is 7.11 Å². The molecule has 0 spiro atoms. The van der Waals surface area contributed by atoms with Gasteiger partial charge in [-0.2, -0.15) is 0 Å². The fraction of sp³-hybridized carbons (Fsp3) is 0.125. The van der Waals surface area contributed by atoms with Crippen LogP contribution >= 0.6 is 0 Å². The van der Waals surface area contributed by atoms with E-state index in [1.54, 1.807) is 24.3 Å². The van der Waals surface area contributed by atoms with Gasteiger partial charge in [0.15, 0.2) is 0 Å². The summed E-state index contributed by atoms with van der Waals surface area (Å²) in [6, 6.07) is 10.6. The lowest BCUT2D eigenvalue weighted by Crippen LogP contribution is -2.02. The van der Waals surface area contributed by atoms with Gasteiger partial charge in [0.05, 0.1) is 19.1 Å². The van der Waals surface area contributed by atoms with Gasteiger partial charge in [-0.1, -0.05) is 24.3 Å². The Labute approximate surface area is 120 Å². The first-order valence-corrected chi connectivity index (χ1v) is 6.19. The number of ether oxygens (including phenoxy) is 1. The summed E-state index contributed by atoms with van der Waals surface area (Å²) in [6.45, 7) is 0. The Kier molecular flexibility index (Phi) is 4.33. The second-order valence-electron chi connectivity index (χ2n) is 4.49. The Bertz CT molecular complexity index is 694. The van der Waals surface area contributed by atoms with E-state index in [1.165, 1.54) is 19.2 Å². The first-order chi connectivity index (χ1) is 9.99. The van der Waals surface area contributed by atoms with E-state index in [1.807, 2.05) is 0 Å². The molecule has 21 heavy (non-hydrogen) atoms. The highest BCUT2D eigenvalue weighted by atomic mass is 19.1. The van der Waals surface area contributed by atoms with Crippen LogP contribution in [-0.2, 0) is 16.0 Å². The summed E-state index contributed by atoms with van der Waals surface area (Å²) in [5.41, 5.74) is 1.83. The Morgan fingerprint density at radius 1 is 1.14 bits per heavy atom. The van der Waals surface area contributed by atoms with E-state index < -0.39 is 17.8 Å². The highest BCUT2D eigenvalue weighted by Gasteiger charge is 2.11. The van der Waals surface area contributed by atoms with Gasteiger partial charge in [0, 0.05) is 0 Å². The van der Waals surface area contributed by atoms with E-state index in [0.717, 1.165) is 6.07 Å². The number of aliphatic carboxylic acids is 1. The number of methoxy groups -OCH3 is 1. The van der Waals surface area contributed by atoms with Gasteiger partial charge in [-0.25, -0.2) is 9.18 Å². The number of rotatable bonds is 4. The Hall–Kier alpha value is -2.69. The van der Waals surface area contributed by atoms with Crippen molar-refractivity contribution in [1.29, 1.82) is 0 Å². The minimum Gasteiger partial charge on any atom is -0.481 e. The summed E-state index contributed by atoms with van der Waals surface area (Å²) in [5.74, 6) is -2.13. The van der Waals surface area contributed by atoms with Gasteiger partial charge in [-0.05, 0) is 34.9 Å². The molecule has 0 aliphatic carbocycles. The second kappa shape index (κ2) is 6.17. The molecule has 2 aromatic rings. The molecule has 0 heterocycles. The summed E-state index contributed by atoms with van der Waals surface area (Å²) < 4.78 is 18.2. The maximum Gasteiger partial charge on any atom is 0.337 e. The van der Waals surface area contributed by atoms with E-state index in [0.29, 0.717) is 16.7 Å². The topological polar surface area (TPSA) is 63.6 Å². The van der Waals surface area contributed by atoms with E-state index in [-0.39, 0.29) is 12.0 Å². The Morgan fingerprint density at radius 3 is 2.57 bits per heavy atom. The zero-order chi connectivity index (χ0) is 15.4. The van der Waals surface area contributed by atoms with Crippen molar-refractivity contribution in [3.05, 3.63) is 59.4 Å². The third kappa shape index (κ3) is 3.66. The molecule has 0 fully saturated rings. The molecule has 0 unspecified atom stereocenters. The largest absolute Gasteiger partial charge is 0.481 e. The number of carbonyl (C=O) groups is 2. The molecule has 0 bridgehead atoms. The monoisotopic (exact) mass is 288 g/mol. The van der Waals surface area contributed by atoms with Crippen LogP contribution in [0.15, 0.2) is 42.5 Å². The van der Waals surface area contributed by atoms with Crippen LogP contribution in [0.5, 0.6) is 0 Å². The Balaban J connectivity index is 2.44. The summed E-state index contributed by atoms with van der Waals surface area (Å²) in [6.07, 6.45) is -0.118. The smallest absolute Gasteiger partial charge is 0.337 e. The molecule has 0 saturated heterocycles. The van der Waals surface area contributed by atoms with Crippen LogP contribution in [0.1, 0.15) is 15.9 Å². The minimum atomic E-state index is -0.943. The molecule has 0 aliphatic rings. The van der Waals surface area contributed by atoms with Crippen molar-refractivity contribution in [2.45, 2.75) is 6.42 Å². The zero-order valence-electron chi connectivity index (χ0n) is 11.3. The Morgan fingerprint density at radius 2 is 1.90 bits per heavy atom. The van der Waals surface area contributed by atoms with Gasteiger partial charge in [-0.3, -0.25) is 4.79 Å². The molecule has 2 aromatic carbocycles. The zero-order valence-corrected chi connectivity index (χ0v) is 11.3. The maximum atomic E-state index is 13.6.